The summed E-state index contributed by atoms with van der Waals surface area (Å²) in [6.45, 7) is 4.30. The number of carbonyl (C=O) groups excluding carboxylic acids is 1. The van der Waals surface area contributed by atoms with E-state index in [1.165, 1.54) is 57.8 Å². The van der Waals surface area contributed by atoms with Gasteiger partial charge in [-0.25, -0.2) is 0 Å². The quantitative estimate of drug-likeness (QED) is 0.165. The topological polar surface area (TPSA) is 17.1 Å². The second-order valence-corrected chi connectivity index (χ2v) is 6.26. The molecule has 1 nitrogen and oxygen atoms in total. The van der Waals surface area contributed by atoms with Gasteiger partial charge in [-0.05, 0) is 51.0 Å². The number of ketones is 1. The van der Waals surface area contributed by atoms with E-state index in [2.05, 4.69) is 38.2 Å². The zero-order valence-corrected chi connectivity index (χ0v) is 15.6. The molecule has 0 aliphatic carbocycles. The molecular formula is C22H38O. The van der Waals surface area contributed by atoms with E-state index in [-0.39, 0.29) is 5.78 Å². The van der Waals surface area contributed by atoms with Crippen LogP contribution >= 0.6 is 0 Å². The number of allylic oxidation sites excluding steroid dienone is 6. The molecule has 0 saturated carbocycles. The van der Waals surface area contributed by atoms with Crippen LogP contribution in [0, 0.1) is 0 Å². The Morgan fingerprint density at radius 3 is 1.96 bits per heavy atom. The van der Waals surface area contributed by atoms with Crippen LogP contribution in [0.3, 0.4) is 0 Å². The number of unbranched alkanes of at least 4 members (excludes halogenated alkanes) is 8. The molecule has 0 atom stereocenters. The fourth-order valence-electron chi connectivity index (χ4n) is 2.44. The predicted molar refractivity (Wildman–Crippen MR) is 104 cm³/mol. The minimum atomic E-state index is 0.289. The summed E-state index contributed by atoms with van der Waals surface area (Å²) >= 11 is 0. The van der Waals surface area contributed by atoms with Crippen molar-refractivity contribution < 1.29 is 4.79 Å². The van der Waals surface area contributed by atoms with E-state index in [1.807, 2.05) is 6.08 Å². The molecule has 0 bridgehead atoms. The van der Waals surface area contributed by atoms with E-state index in [4.69, 9.17) is 0 Å². The summed E-state index contributed by atoms with van der Waals surface area (Å²) in [7, 11) is 0. The summed E-state index contributed by atoms with van der Waals surface area (Å²) in [4.78, 5) is 11.4. The Kier molecular flexibility index (Phi) is 18.0. The normalized spacial score (nSPS) is 12.1. The van der Waals surface area contributed by atoms with Crippen molar-refractivity contribution in [1.82, 2.24) is 0 Å². The molecular weight excluding hydrogens is 280 g/mol. The highest BCUT2D eigenvalue weighted by Crippen LogP contribution is 2.08. The fraction of sp³-hybridized carbons (Fsp3) is 0.682. The first-order valence-corrected chi connectivity index (χ1v) is 9.80. The average molecular weight is 319 g/mol. The van der Waals surface area contributed by atoms with E-state index in [0.717, 1.165) is 25.7 Å². The lowest BCUT2D eigenvalue weighted by atomic mass is 10.1. The average Bonchev–Trinajstić information content (AvgIpc) is 2.56. The zero-order valence-electron chi connectivity index (χ0n) is 15.6. The fourth-order valence-corrected chi connectivity index (χ4v) is 2.44. The molecule has 0 aromatic carbocycles. The molecule has 0 heterocycles. The van der Waals surface area contributed by atoms with Crippen molar-refractivity contribution in [2.75, 3.05) is 0 Å². The Balaban J connectivity index is 3.28. The minimum absolute atomic E-state index is 0.289. The van der Waals surface area contributed by atoms with E-state index in [9.17, 15) is 4.79 Å². The second kappa shape index (κ2) is 18.9. The molecule has 23 heavy (non-hydrogen) atoms. The number of carbonyl (C=O) groups is 1. The number of hydrogen-bond acceptors (Lipinski definition) is 1. The predicted octanol–water partition coefficient (Wildman–Crippen LogP) is 7.34. The van der Waals surface area contributed by atoms with E-state index in [0.29, 0.717) is 0 Å². The maximum Gasteiger partial charge on any atom is 0.155 e. The standard InChI is InChI=1S/C22H38O/c1-3-5-7-8-9-10-11-12-13-14-15-16-17-18-19-21-22(23)20-6-4-2/h6,9-10,12-13,20H,3-5,7-8,11,14-19,21H2,1-2H3/b10-9-,13-12-,20-6+. The summed E-state index contributed by atoms with van der Waals surface area (Å²) in [5.41, 5.74) is 0. The Labute approximate surface area is 144 Å². The van der Waals surface area contributed by atoms with Gasteiger partial charge in [0.05, 0.1) is 0 Å². The molecule has 0 aromatic heterocycles. The maximum absolute atomic E-state index is 11.4. The Hall–Kier alpha value is -1.11. The highest BCUT2D eigenvalue weighted by atomic mass is 16.1. The lowest BCUT2D eigenvalue weighted by Crippen LogP contribution is -1.92. The van der Waals surface area contributed by atoms with Crippen molar-refractivity contribution in [3.63, 3.8) is 0 Å². The zero-order chi connectivity index (χ0) is 17.0. The monoisotopic (exact) mass is 318 g/mol. The lowest BCUT2D eigenvalue weighted by Gasteiger charge is -1.99. The highest BCUT2D eigenvalue weighted by Gasteiger charge is 1.96. The van der Waals surface area contributed by atoms with Gasteiger partial charge in [-0.15, -0.1) is 0 Å². The van der Waals surface area contributed by atoms with Crippen LogP contribution in [0.5, 0.6) is 0 Å². The van der Waals surface area contributed by atoms with Crippen molar-refractivity contribution in [2.24, 2.45) is 0 Å². The van der Waals surface area contributed by atoms with Gasteiger partial charge in [0.25, 0.3) is 0 Å². The van der Waals surface area contributed by atoms with Crippen LogP contribution in [0.25, 0.3) is 0 Å². The minimum Gasteiger partial charge on any atom is -0.295 e. The molecule has 0 saturated heterocycles. The molecule has 0 aliphatic rings. The third-order valence-electron chi connectivity index (χ3n) is 3.91. The van der Waals surface area contributed by atoms with Gasteiger partial charge in [-0.1, -0.05) is 76.3 Å². The van der Waals surface area contributed by atoms with Crippen LogP contribution in [0.4, 0.5) is 0 Å². The molecule has 1 heteroatoms. The molecule has 0 aliphatic heterocycles. The Bertz CT molecular complexity index is 336. The molecule has 0 unspecified atom stereocenters. The summed E-state index contributed by atoms with van der Waals surface area (Å²) in [6, 6.07) is 0. The van der Waals surface area contributed by atoms with Gasteiger partial charge >= 0.3 is 0 Å². The summed E-state index contributed by atoms with van der Waals surface area (Å²) < 4.78 is 0. The molecule has 0 rings (SSSR count). The van der Waals surface area contributed by atoms with Crippen molar-refractivity contribution in [3.05, 3.63) is 36.5 Å². The molecule has 0 fully saturated rings. The van der Waals surface area contributed by atoms with Crippen LogP contribution in [0.2, 0.25) is 0 Å². The van der Waals surface area contributed by atoms with E-state index >= 15 is 0 Å². The van der Waals surface area contributed by atoms with Gasteiger partial charge in [0.15, 0.2) is 5.78 Å². The SMILES string of the molecule is CC/C=C/C(=O)CCCCCCC/C=C\C/C=C\CCCCC. The summed E-state index contributed by atoms with van der Waals surface area (Å²) in [5.74, 6) is 0.289. The molecule has 0 radical (unpaired) electrons. The Morgan fingerprint density at radius 2 is 1.30 bits per heavy atom. The van der Waals surface area contributed by atoms with Crippen LogP contribution in [0.15, 0.2) is 36.5 Å². The van der Waals surface area contributed by atoms with Gasteiger partial charge in [0.1, 0.15) is 0 Å². The molecule has 0 amide bonds. The maximum atomic E-state index is 11.4. The third kappa shape index (κ3) is 18.8. The smallest absolute Gasteiger partial charge is 0.155 e. The van der Waals surface area contributed by atoms with Crippen LogP contribution in [-0.2, 0) is 4.79 Å². The van der Waals surface area contributed by atoms with Gasteiger partial charge in [-0.2, -0.15) is 0 Å². The first-order valence-electron chi connectivity index (χ1n) is 9.80. The molecule has 0 spiro atoms. The van der Waals surface area contributed by atoms with E-state index in [1.54, 1.807) is 6.08 Å². The number of hydrogen-bond donors (Lipinski definition) is 0. The molecule has 0 aromatic rings. The van der Waals surface area contributed by atoms with Gasteiger partial charge in [0, 0.05) is 6.42 Å². The van der Waals surface area contributed by atoms with Gasteiger partial charge in [-0.3, -0.25) is 4.79 Å². The largest absolute Gasteiger partial charge is 0.295 e. The molecule has 0 N–H and O–H groups in total. The number of rotatable bonds is 16. The van der Waals surface area contributed by atoms with Gasteiger partial charge in [0.2, 0.25) is 0 Å². The summed E-state index contributed by atoms with van der Waals surface area (Å²) in [6.07, 6.45) is 28.1. The van der Waals surface area contributed by atoms with E-state index < -0.39 is 0 Å². The second-order valence-electron chi connectivity index (χ2n) is 6.26. The van der Waals surface area contributed by atoms with Crippen LogP contribution in [0.1, 0.15) is 97.3 Å². The Morgan fingerprint density at radius 1 is 0.696 bits per heavy atom. The molecule has 132 valence electrons. The van der Waals surface area contributed by atoms with Crippen molar-refractivity contribution in [3.8, 4) is 0 Å². The summed E-state index contributed by atoms with van der Waals surface area (Å²) in [5, 5.41) is 0. The van der Waals surface area contributed by atoms with Gasteiger partial charge < -0.3 is 0 Å². The van der Waals surface area contributed by atoms with Crippen molar-refractivity contribution in [1.29, 1.82) is 0 Å². The first kappa shape index (κ1) is 21.9. The first-order chi connectivity index (χ1) is 11.3. The van der Waals surface area contributed by atoms with Crippen LogP contribution in [-0.4, -0.2) is 5.78 Å². The van der Waals surface area contributed by atoms with Crippen molar-refractivity contribution in [2.45, 2.75) is 97.3 Å². The lowest BCUT2D eigenvalue weighted by molar-refractivity contribution is -0.114. The third-order valence-corrected chi connectivity index (χ3v) is 3.91. The van der Waals surface area contributed by atoms with Crippen LogP contribution < -0.4 is 0 Å². The highest BCUT2D eigenvalue weighted by molar-refractivity contribution is 5.89. The van der Waals surface area contributed by atoms with Crippen molar-refractivity contribution >= 4 is 5.78 Å².